The summed E-state index contributed by atoms with van der Waals surface area (Å²) in [5.74, 6) is -0.484. The molecule has 0 aromatic carbocycles. The van der Waals surface area contributed by atoms with Gasteiger partial charge in [0.2, 0.25) is 1.43 Å². The van der Waals surface area contributed by atoms with Gasteiger partial charge in [-0.25, -0.2) is 4.79 Å². The Morgan fingerprint density at radius 1 is 1.75 bits per heavy atom. The molecule has 110 valence electrons. The third-order valence-corrected chi connectivity index (χ3v) is 3.67. The lowest BCUT2D eigenvalue weighted by atomic mass is 10.2. The molecule has 0 bridgehead atoms. The van der Waals surface area contributed by atoms with Gasteiger partial charge in [-0.2, -0.15) is 0 Å². The minimum atomic E-state index is -0.702. The predicted octanol–water partition coefficient (Wildman–Crippen LogP) is -0.647. The van der Waals surface area contributed by atoms with Crippen LogP contribution < -0.4 is 11.2 Å². The van der Waals surface area contributed by atoms with Crippen LogP contribution in [0.1, 0.15) is 19.6 Å². The van der Waals surface area contributed by atoms with Crippen LogP contribution in [0.4, 0.5) is 0 Å². The van der Waals surface area contributed by atoms with E-state index in [-0.39, 0.29) is 13.0 Å². The number of ether oxygens (including phenoxy) is 2. The van der Waals surface area contributed by atoms with Gasteiger partial charge in [-0.3, -0.25) is 19.1 Å². The molecule has 1 aromatic heterocycles. The largest absolute Gasteiger partial charge is 0.460 e. The van der Waals surface area contributed by atoms with E-state index in [2.05, 4.69) is 10.1 Å². The number of nitrogens with zero attached hydrogens (tertiary/aromatic N) is 1. The van der Waals surface area contributed by atoms with E-state index in [1.807, 2.05) is 0 Å². The second kappa shape index (κ2) is 6.06. The summed E-state index contributed by atoms with van der Waals surface area (Å²) in [6, 6.07) is 0. The lowest BCUT2D eigenvalue weighted by Gasteiger charge is -2.15. The van der Waals surface area contributed by atoms with Gasteiger partial charge in [0.05, 0.1) is 10.2 Å². The highest BCUT2D eigenvalue weighted by Crippen LogP contribution is 2.29. The van der Waals surface area contributed by atoms with E-state index < -0.39 is 35.7 Å². The quantitative estimate of drug-likeness (QED) is 0.516. The number of aliphatic hydroxyl groups is 1. The molecule has 2 heterocycles. The van der Waals surface area contributed by atoms with Crippen LogP contribution in [0.15, 0.2) is 15.8 Å². The molecule has 1 aliphatic heterocycles. The number of carbonyl (C=O) groups is 1. The predicted molar refractivity (Wildman–Crippen MR) is 75.2 cm³/mol. The Bertz CT molecular complexity index is 644. The Morgan fingerprint density at radius 2 is 2.50 bits per heavy atom. The average Bonchev–Trinajstić information content (AvgIpc) is 2.76. The fraction of sp³-hybridized carbons (Fsp3) is 0.545. The van der Waals surface area contributed by atoms with Crippen molar-refractivity contribution < 1.29 is 19.4 Å². The number of hydrogen-bond donors (Lipinski definition) is 2. The van der Waals surface area contributed by atoms with Gasteiger partial charge in [-0.1, -0.05) is 0 Å². The second-order valence-electron chi connectivity index (χ2n) is 4.32. The van der Waals surface area contributed by atoms with Gasteiger partial charge in [0.25, 0.3) is 5.56 Å². The van der Waals surface area contributed by atoms with E-state index >= 15 is 0 Å². The molecule has 20 heavy (non-hydrogen) atoms. The molecule has 3 atom stereocenters. The van der Waals surface area contributed by atoms with Crippen molar-refractivity contribution >= 4 is 28.6 Å². The summed E-state index contributed by atoms with van der Waals surface area (Å²) >= 11 is 1.80. The standard InChI is InChI=1S/C11H13IN2O6/c1-5(16)19-7-2-9(20-8(7)4-15)14-3-6(12)10(17)13-11(14)18/h3,7-9,15H,2,4H2,1H3,(H,13,17,18)/t7?,8-,9-/m1/s1/i15D. The lowest BCUT2D eigenvalue weighted by Crippen LogP contribution is -2.33. The minimum absolute atomic E-state index is 0.0936. The van der Waals surface area contributed by atoms with Crippen LogP contribution in [0.25, 0.3) is 0 Å². The summed E-state index contributed by atoms with van der Waals surface area (Å²) in [5.41, 5.74) is -1.09. The number of hydrogen-bond acceptors (Lipinski definition) is 6. The zero-order valence-corrected chi connectivity index (χ0v) is 12.7. The van der Waals surface area contributed by atoms with Crippen LogP contribution in [0.2, 0.25) is 0 Å². The van der Waals surface area contributed by atoms with Crippen molar-refractivity contribution in [3.05, 3.63) is 30.6 Å². The van der Waals surface area contributed by atoms with E-state index in [0.29, 0.717) is 3.57 Å². The minimum Gasteiger partial charge on any atom is -0.460 e. The van der Waals surface area contributed by atoms with Crippen molar-refractivity contribution in [3.63, 3.8) is 0 Å². The zero-order chi connectivity index (χ0) is 15.6. The number of rotatable bonds is 4. The first-order valence-electron chi connectivity index (χ1n) is 6.25. The Labute approximate surface area is 128 Å². The maximum absolute atomic E-state index is 11.8. The molecule has 9 heteroatoms. The Balaban J connectivity index is 2.26. The van der Waals surface area contributed by atoms with Gasteiger partial charge in [0.1, 0.15) is 18.4 Å². The van der Waals surface area contributed by atoms with E-state index in [9.17, 15) is 14.4 Å². The van der Waals surface area contributed by atoms with E-state index in [1.54, 1.807) is 22.6 Å². The highest BCUT2D eigenvalue weighted by molar-refractivity contribution is 14.1. The molecule has 0 radical (unpaired) electrons. The van der Waals surface area contributed by atoms with Crippen LogP contribution in [0.5, 0.6) is 0 Å². The molecule has 8 nitrogen and oxygen atoms in total. The molecule has 0 spiro atoms. The van der Waals surface area contributed by atoms with Gasteiger partial charge in [-0.15, -0.1) is 0 Å². The molecular weight excluding hydrogens is 383 g/mol. The molecule has 1 aliphatic rings. The SMILES string of the molecule is [2H]OC[C@H]1O[C@@H](n2cc(I)c(=O)[nH]c2=O)CC1OC(C)=O. The third kappa shape index (κ3) is 3.10. The molecule has 1 aromatic rings. The normalized spacial score (nSPS) is 26.3. The van der Waals surface area contributed by atoms with Crippen molar-refractivity contribution in [3.8, 4) is 0 Å². The molecule has 2 N–H and O–H groups in total. The first-order chi connectivity index (χ1) is 9.92. The average molecular weight is 397 g/mol. The van der Waals surface area contributed by atoms with E-state index in [1.165, 1.54) is 17.7 Å². The molecule has 1 saturated heterocycles. The molecule has 0 saturated carbocycles. The number of aromatic amines is 1. The van der Waals surface area contributed by atoms with Gasteiger partial charge >= 0.3 is 11.7 Å². The first kappa shape index (κ1) is 13.8. The lowest BCUT2D eigenvalue weighted by molar-refractivity contribution is -0.150. The molecule has 2 rings (SSSR count). The number of halogens is 1. The summed E-state index contributed by atoms with van der Waals surface area (Å²) in [6.07, 6.45) is -0.355. The molecular formula is C11H13IN2O6. The Kier molecular flexibility index (Phi) is 4.17. The number of nitrogens with one attached hydrogen (secondary N) is 1. The van der Waals surface area contributed by atoms with Crippen LogP contribution >= 0.6 is 22.6 Å². The molecule has 1 fully saturated rings. The van der Waals surface area contributed by atoms with Gasteiger partial charge in [0, 0.05) is 19.5 Å². The van der Waals surface area contributed by atoms with E-state index in [0.717, 1.165) is 0 Å². The third-order valence-electron chi connectivity index (χ3n) is 2.90. The smallest absolute Gasteiger partial charge is 0.330 e. The summed E-state index contributed by atoms with van der Waals surface area (Å²) in [6.45, 7) is 1.17. The van der Waals surface area contributed by atoms with E-state index in [4.69, 9.17) is 10.9 Å². The van der Waals surface area contributed by atoms with Crippen LogP contribution in [-0.4, -0.2) is 40.9 Å². The van der Waals surface area contributed by atoms with Gasteiger partial charge in [-0.05, 0) is 22.6 Å². The van der Waals surface area contributed by atoms with Crippen molar-refractivity contribution in [1.29, 1.82) is 1.43 Å². The highest BCUT2D eigenvalue weighted by Gasteiger charge is 2.38. The first-order valence-corrected chi connectivity index (χ1v) is 6.92. The number of aromatic nitrogens is 2. The van der Waals surface area contributed by atoms with Gasteiger partial charge in [0.15, 0.2) is 0 Å². The Morgan fingerprint density at radius 3 is 3.15 bits per heavy atom. The number of aliphatic hydroxyl groups excluding tert-OH is 1. The Hall–Kier alpha value is -1.20. The topological polar surface area (TPSA) is 111 Å². The number of esters is 1. The summed E-state index contributed by atoms with van der Waals surface area (Å²) in [5, 5.41) is 4.28. The van der Waals surface area contributed by atoms with Crippen LogP contribution in [0, 0.1) is 3.57 Å². The summed E-state index contributed by atoms with van der Waals surface area (Å²) in [4.78, 5) is 36.4. The highest BCUT2D eigenvalue weighted by atomic mass is 127. The monoisotopic (exact) mass is 397 g/mol. The molecule has 0 amide bonds. The zero-order valence-electron chi connectivity index (χ0n) is 11.5. The fourth-order valence-corrected chi connectivity index (χ4v) is 2.47. The maximum atomic E-state index is 11.8. The van der Waals surface area contributed by atoms with Crippen molar-refractivity contribution in [2.45, 2.75) is 31.8 Å². The van der Waals surface area contributed by atoms with Crippen molar-refractivity contribution in [2.24, 2.45) is 0 Å². The molecule has 0 aliphatic carbocycles. The fourth-order valence-electron chi connectivity index (χ4n) is 2.03. The summed E-state index contributed by atoms with van der Waals surface area (Å²) < 4.78 is 19.0. The van der Waals surface area contributed by atoms with Crippen LogP contribution in [-0.2, 0) is 14.3 Å². The summed E-state index contributed by atoms with van der Waals surface area (Å²) in [7, 11) is 0. The number of carbonyl (C=O) groups excluding carboxylic acids is 1. The molecule has 1 unspecified atom stereocenters. The van der Waals surface area contributed by atoms with Crippen molar-refractivity contribution in [2.75, 3.05) is 6.61 Å². The maximum Gasteiger partial charge on any atom is 0.330 e. The van der Waals surface area contributed by atoms with Crippen LogP contribution in [0.3, 0.4) is 0 Å². The van der Waals surface area contributed by atoms with Gasteiger partial charge < -0.3 is 14.6 Å². The number of H-pyrrole nitrogens is 1. The second-order valence-corrected chi connectivity index (χ2v) is 5.49. The van der Waals surface area contributed by atoms with Crippen molar-refractivity contribution in [1.82, 2.24) is 9.55 Å².